The Balaban J connectivity index is 2.44. The minimum absolute atomic E-state index is 0.0712. The van der Waals surface area contributed by atoms with E-state index in [1.54, 1.807) is 0 Å². The molecule has 3 nitrogen and oxygen atoms in total. The number of fused-ring (bicyclic) bond motifs is 1. The average Bonchev–Trinajstić information content (AvgIpc) is 2.53. The van der Waals surface area contributed by atoms with E-state index in [9.17, 15) is 9.59 Å². The Bertz CT molecular complexity index is 387. The summed E-state index contributed by atoms with van der Waals surface area (Å²) in [5.41, 5.74) is 1.73. The predicted molar refractivity (Wildman–Crippen MR) is 49.9 cm³/mol. The maximum Gasteiger partial charge on any atom is 0.320 e. The quantitative estimate of drug-likeness (QED) is 0.491. The van der Waals surface area contributed by atoms with Crippen LogP contribution < -0.4 is 0 Å². The van der Waals surface area contributed by atoms with E-state index in [-0.39, 0.29) is 5.78 Å². The minimum Gasteiger partial charge on any atom is -0.468 e. The molecule has 0 saturated carbocycles. The number of hydrogen-bond donors (Lipinski definition) is 0. The zero-order chi connectivity index (χ0) is 10.1. The van der Waals surface area contributed by atoms with Gasteiger partial charge in [0.05, 0.1) is 7.11 Å². The highest BCUT2D eigenvalue weighted by molar-refractivity contribution is 6.08. The Labute approximate surface area is 81.7 Å². The lowest BCUT2D eigenvalue weighted by atomic mass is 10.0. The van der Waals surface area contributed by atoms with Crippen LogP contribution in [0.5, 0.6) is 0 Å². The van der Waals surface area contributed by atoms with E-state index in [4.69, 9.17) is 0 Å². The standard InChI is InChI=1S/C11H10O3/c1-14-11(13)10-8-5-3-2-4-7(8)6-9(10)12/h2-5,10H,6H2,1H3/t10-/m1/s1. The molecule has 0 fully saturated rings. The van der Waals surface area contributed by atoms with Crippen LogP contribution in [-0.2, 0) is 20.7 Å². The zero-order valence-electron chi connectivity index (χ0n) is 7.82. The Morgan fingerprint density at radius 3 is 2.86 bits per heavy atom. The van der Waals surface area contributed by atoms with Crippen LogP contribution in [0.1, 0.15) is 17.0 Å². The highest BCUT2D eigenvalue weighted by Crippen LogP contribution is 2.30. The molecule has 1 aromatic rings. The Hall–Kier alpha value is -1.64. The number of ether oxygens (including phenoxy) is 1. The van der Waals surface area contributed by atoms with Gasteiger partial charge in [0.2, 0.25) is 0 Å². The Morgan fingerprint density at radius 2 is 2.14 bits per heavy atom. The van der Waals surface area contributed by atoms with Gasteiger partial charge in [0.15, 0.2) is 5.78 Å². The van der Waals surface area contributed by atoms with Crippen LogP contribution in [0.3, 0.4) is 0 Å². The SMILES string of the molecule is COC(=O)[C@H]1C(=O)Cc2ccccc21. The zero-order valence-corrected chi connectivity index (χ0v) is 7.82. The molecular formula is C11H10O3. The van der Waals surface area contributed by atoms with Gasteiger partial charge in [0.25, 0.3) is 0 Å². The van der Waals surface area contributed by atoms with Crippen molar-refractivity contribution in [3.8, 4) is 0 Å². The number of hydrogen-bond acceptors (Lipinski definition) is 3. The predicted octanol–water partition coefficient (Wildman–Crippen LogP) is 1.07. The number of esters is 1. The van der Waals surface area contributed by atoms with Crippen molar-refractivity contribution in [2.45, 2.75) is 12.3 Å². The highest BCUT2D eigenvalue weighted by atomic mass is 16.5. The van der Waals surface area contributed by atoms with Crippen molar-refractivity contribution in [1.82, 2.24) is 0 Å². The normalized spacial score (nSPS) is 19.2. The second kappa shape index (κ2) is 3.25. The third-order valence-corrected chi connectivity index (χ3v) is 2.49. The van der Waals surface area contributed by atoms with E-state index >= 15 is 0 Å². The van der Waals surface area contributed by atoms with E-state index in [0.717, 1.165) is 11.1 Å². The molecule has 1 atom stereocenters. The lowest BCUT2D eigenvalue weighted by Crippen LogP contribution is -2.18. The fourth-order valence-electron chi connectivity index (χ4n) is 1.82. The number of rotatable bonds is 1. The minimum atomic E-state index is -0.698. The first-order valence-corrected chi connectivity index (χ1v) is 4.42. The molecule has 0 bridgehead atoms. The van der Waals surface area contributed by atoms with E-state index < -0.39 is 11.9 Å². The van der Waals surface area contributed by atoms with Crippen molar-refractivity contribution in [3.63, 3.8) is 0 Å². The first-order valence-electron chi connectivity index (χ1n) is 4.42. The van der Waals surface area contributed by atoms with Gasteiger partial charge in [-0.25, -0.2) is 0 Å². The first-order chi connectivity index (χ1) is 6.74. The van der Waals surface area contributed by atoms with Gasteiger partial charge in [-0.2, -0.15) is 0 Å². The molecule has 0 spiro atoms. The summed E-state index contributed by atoms with van der Waals surface area (Å²) in [4.78, 5) is 22.9. The summed E-state index contributed by atoms with van der Waals surface area (Å²) in [6.45, 7) is 0. The summed E-state index contributed by atoms with van der Waals surface area (Å²) in [7, 11) is 1.30. The van der Waals surface area contributed by atoms with Crippen LogP contribution in [0.15, 0.2) is 24.3 Å². The van der Waals surface area contributed by atoms with Crippen molar-refractivity contribution < 1.29 is 14.3 Å². The molecule has 0 saturated heterocycles. The fourth-order valence-corrected chi connectivity index (χ4v) is 1.82. The lowest BCUT2D eigenvalue weighted by Gasteiger charge is -2.06. The number of Topliss-reactive ketones (excluding diaryl/α,β-unsaturated/α-hetero) is 1. The molecule has 0 amide bonds. The molecule has 0 radical (unpaired) electrons. The number of benzene rings is 1. The molecule has 0 heterocycles. The van der Waals surface area contributed by atoms with E-state index in [2.05, 4.69) is 4.74 Å². The Morgan fingerprint density at radius 1 is 1.43 bits per heavy atom. The third-order valence-electron chi connectivity index (χ3n) is 2.49. The average molecular weight is 190 g/mol. The van der Waals surface area contributed by atoms with Crippen LogP contribution in [0.4, 0.5) is 0 Å². The maximum atomic E-state index is 11.5. The van der Waals surface area contributed by atoms with Gasteiger partial charge in [0.1, 0.15) is 5.92 Å². The summed E-state index contributed by atoms with van der Waals surface area (Å²) in [6.07, 6.45) is 0.343. The van der Waals surface area contributed by atoms with Crippen LogP contribution in [0.2, 0.25) is 0 Å². The molecule has 0 aliphatic heterocycles. The van der Waals surface area contributed by atoms with E-state index in [0.29, 0.717) is 6.42 Å². The van der Waals surface area contributed by atoms with Crippen LogP contribution in [0.25, 0.3) is 0 Å². The van der Waals surface area contributed by atoms with Gasteiger partial charge in [-0.05, 0) is 11.1 Å². The van der Waals surface area contributed by atoms with Crippen molar-refractivity contribution in [2.24, 2.45) is 0 Å². The van der Waals surface area contributed by atoms with Crippen LogP contribution >= 0.6 is 0 Å². The molecule has 0 N–H and O–H groups in total. The largest absolute Gasteiger partial charge is 0.468 e. The molecule has 72 valence electrons. The topological polar surface area (TPSA) is 43.4 Å². The summed E-state index contributed by atoms with van der Waals surface area (Å²) in [5.74, 6) is -1.23. The molecule has 3 heteroatoms. The Kier molecular flexibility index (Phi) is 2.08. The summed E-state index contributed by atoms with van der Waals surface area (Å²) in [6, 6.07) is 7.37. The number of methoxy groups -OCH3 is 1. The molecule has 14 heavy (non-hydrogen) atoms. The summed E-state index contributed by atoms with van der Waals surface area (Å²) >= 11 is 0. The fraction of sp³-hybridized carbons (Fsp3) is 0.273. The number of carbonyl (C=O) groups is 2. The van der Waals surface area contributed by atoms with Crippen molar-refractivity contribution >= 4 is 11.8 Å². The smallest absolute Gasteiger partial charge is 0.320 e. The molecule has 2 rings (SSSR count). The number of ketones is 1. The second-order valence-corrected chi connectivity index (χ2v) is 3.30. The van der Waals surface area contributed by atoms with Gasteiger partial charge in [-0.3, -0.25) is 9.59 Å². The van der Waals surface area contributed by atoms with Crippen molar-refractivity contribution in [1.29, 1.82) is 0 Å². The molecule has 1 aliphatic carbocycles. The summed E-state index contributed by atoms with van der Waals surface area (Å²) in [5, 5.41) is 0. The second-order valence-electron chi connectivity index (χ2n) is 3.30. The van der Waals surface area contributed by atoms with Crippen LogP contribution in [0, 0.1) is 0 Å². The van der Waals surface area contributed by atoms with Crippen LogP contribution in [-0.4, -0.2) is 18.9 Å². The van der Waals surface area contributed by atoms with E-state index in [1.165, 1.54) is 7.11 Å². The number of carbonyl (C=O) groups excluding carboxylic acids is 2. The lowest BCUT2D eigenvalue weighted by molar-refractivity contribution is -0.145. The molecule has 0 unspecified atom stereocenters. The van der Waals surface area contributed by atoms with Gasteiger partial charge < -0.3 is 4.74 Å². The van der Waals surface area contributed by atoms with Crippen molar-refractivity contribution in [3.05, 3.63) is 35.4 Å². The van der Waals surface area contributed by atoms with Crippen molar-refractivity contribution in [2.75, 3.05) is 7.11 Å². The van der Waals surface area contributed by atoms with E-state index in [1.807, 2.05) is 24.3 Å². The molecule has 0 aromatic heterocycles. The highest BCUT2D eigenvalue weighted by Gasteiger charge is 2.36. The van der Waals surface area contributed by atoms with Gasteiger partial charge in [0, 0.05) is 6.42 Å². The molecule has 1 aliphatic rings. The van der Waals surface area contributed by atoms with Gasteiger partial charge >= 0.3 is 5.97 Å². The van der Waals surface area contributed by atoms with Gasteiger partial charge in [-0.15, -0.1) is 0 Å². The van der Waals surface area contributed by atoms with Gasteiger partial charge in [-0.1, -0.05) is 24.3 Å². The maximum absolute atomic E-state index is 11.5. The summed E-state index contributed by atoms with van der Waals surface area (Å²) < 4.78 is 4.60. The monoisotopic (exact) mass is 190 g/mol. The molecule has 1 aromatic carbocycles. The third kappa shape index (κ3) is 1.21. The molecular weight excluding hydrogens is 180 g/mol. The first kappa shape index (κ1) is 8.94.